The Morgan fingerprint density at radius 2 is 2.08 bits per heavy atom. The Balaban J connectivity index is 2.66. The molecule has 1 aliphatic heterocycles. The van der Waals surface area contributed by atoms with E-state index in [1.807, 2.05) is 0 Å². The van der Waals surface area contributed by atoms with Crippen LogP contribution in [0, 0.1) is 11.8 Å². The first kappa shape index (κ1) is 9.79. The van der Waals surface area contributed by atoms with Gasteiger partial charge < -0.3 is 0 Å². The van der Waals surface area contributed by atoms with Crippen molar-refractivity contribution < 1.29 is 0 Å². The molecule has 1 fully saturated rings. The van der Waals surface area contributed by atoms with Crippen LogP contribution in [-0.2, 0) is 0 Å². The fourth-order valence-corrected chi connectivity index (χ4v) is 2.13. The predicted molar refractivity (Wildman–Crippen MR) is 54.2 cm³/mol. The van der Waals surface area contributed by atoms with Gasteiger partial charge in [0, 0.05) is 6.04 Å². The van der Waals surface area contributed by atoms with Crippen molar-refractivity contribution in [3.8, 4) is 0 Å². The van der Waals surface area contributed by atoms with E-state index in [0.29, 0.717) is 12.0 Å². The quantitative estimate of drug-likeness (QED) is 0.571. The average Bonchev–Trinajstić information content (AvgIpc) is 2.30. The van der Waals surface area contributed by atoms with Crippen LogP contribution < -0.4 is 0 Å². The highest BCUT2D eigenvalue weighted by Gasteiger charge is 2.30. The summed E-state index contributed by atoms with van der Waals surface area (Å²) < 4.78 is 0. The summed E-state index contributed by atoms with van der Waals surface area (Å²) in [5, 5.41) is 0. The van der Waals surface area contributed by atoms with Crippen LogP contribution in [0.1, 0.15) is 27.2 Å². The van der Waals surface area contributed by atoms with Gasteiger partial charge in [0.1, 0.15) is 0 Å². The third kappa shape index (κ3) is 1.71. The van der Waals surface area contributed by atoms with Gasteiger partial charge in [-0.05, 0) is 31.8 Å². The maximum atomic E-state index is 4.20. The third-order valence-electron chi connectivity index (χ3n) is 3.07. The Bertz CT molecular complexity index is 162. The fourth-order valence-electron chi connectivity index (χ4n) is 2.13. The summed E-state index contributed by atoms with van der Waals surface area (Å²) in [4.78, 5) is 2.44. The minimum Gasteiger partial charge on any atom is -0.299 e. The van der Waals surface area contributed by atoms with E-state index in [-0.39, 0.29) is 0 Å². The van der Waals surface area contributed by atoms with Gasteiger partial charge in [0.25, 0.3) is 0 Å². The van der Waals surface area contributed by atoms with Gasteiger partial charge in [-0.3, -0.25) is 4.90 Å². The molecule has 1 rings (SSSR count). The smallest absolute Gasteiger partial charge is 0.0330 e. The molecule has 70 valence electrons. The minimum absolute atomic E-state index is 0.623. The second-order valence-electron chi connectivity index (χ2n) is 4.42. The van der Waals surface area contributed by atoms with Crippen molar-refractivity contribution in [2.75, 3.05) is 13.6 Å². The monoisotopic (exact) mass is 167 g/mol. The lowest BCUT2D eigenvalue weighted by Crippen LogP contribution is -2.31. The first-order chi connectivity index (χ1) is 5.54. The van der Waals surface area contributed by atoms with Crippen LogP contribution in [-0.4, -0.2) is 24.5 Å². The summed E-state index contributed by atoms with van der Waals surface area (Å²) in [5.74, 6) is 1.42. The summed E-state index contributed by atoms with van der Waals surface area (Å²) >= 11 is 0. The lowest BCUT2D eigenvalue weighted by atomic mass is 9.90. The summed E-state index contributed by atoms with van der Waals surface area (Å²) in [6, 6.07) is 0.630. The van der Waals surface area contributed by atoms with Gasteiger partial charge in [-0.15, -0.1) is 0 Å². The van der Waals surface area contributed by atoms with E-state index in [1.165, 1.54) is 18.5 Å². The standard InChI is InChI=1S/C11H21N/c1-8(2)10(4)11-9(3)6-7-12(11)5/h8-9,11H,4,6-7H2,1-3,5H3. The van der Waals surface area contributed by atoms with Crippen molar-refractivity contribution in [1.29, 1.82) is 0 Å². The van der Waals surface area contributed by atoms with Gasteiger partial charge in [0.2, 0.25) is 0 Å². The molecule has 0 aromatic carbocycles. The van der Waals surface area contributed by atoms with Crippen LogP contribution >= 0.6 is 0 Å². The highest BCUT2D eigenvalue weighted by Crippen LogP contribution is 2.30. The number of hydrogen-bond acceptors (Lipinski definition) is 1. The maximum absolute atomic E-state index is 4.20. The molecule has 2 atom stereocenters. The topological polar surface area (TPSA) is 3.24 Å². The molecule has 0 saturated carbocycles. The Labute approximate surface area is 76.5 Å². The lowest BCUT2D eigenvalue weighted by Gasteiger charge is -2.27. The zero-order chi connectivity index (χ0) is 9.30. The first-order valence-corrected chi connectivity index (χ1v) is 4.93. The second kappa shape index (κ2) is 3.61. The van der Waals surface area contributed by atoms with E-state index >= 15 is 0 Å². The summed E-state index contributed by atoms with van der Waals surface area (Å²) in [7, 11) is 2.21. The molecular weight excluding hydrogens is 146 g/mol. The molecule has 0 aromatic heterocycles. The van der Waals surface area contributed by atoms with Crippen LogP contribution in [0.25, 0.3) is 0 Å². The highest BCUT2D eigenvalue weighted by atomic mass is 15.2. The lowest BCUT2D eigenvalue weighted by molar-refractivity contribution is 0.303. The Morgan fingerprint density at radius 1 is 1.50 bits per heavy atom. The van der Waals surface area contributed by atoms with Crippen molar-refractivity contribution in [1.82, 2.24) is 4.90 Å². The van der Waals surface area contributed by atoms with Crippen molar-refractivity contribution in [3.05, 3.63) is 12.2 Å². The molecule has 0 aliphatic carbocycles. The van der Waals surface area contributed by atoms with Gasteiger partial charge in [0.05, 0.1) is 0 Å². The van der Waals surface area contributed by atoms with E-state index in [0.717, 1.165) is 5.92 Å². The Hall–Kier alpha value is -0.300. The Kier molecular flexibility index (Phi) is 2.94. The summed E-state index contributed by atoms with van der Waals surface area (Å²) in [5.41, 5.74) is 1.41. The molecule has 0 aromatic rings. The van der Waals surface area contributed by atoms with Gasteiger partial charge in [-0.1, -0.05) is 32.9 Å². The maximum Gasteiger partial charge on any atom is 0.0330 e. The first-order valence-electron chi connectivity index (χ1n) is 4.93. The number of nitrogens with zero attached hydrogens (tertiary/aromatic N) is 1. The van der Waals surface area contributed by atoms with Crippen LogP contribution in [0.5, 0.6) is 0 Å². The molecule has 1 heteroatoms. The molecule has 2 unspecified atom stereocenters. The molecule has 0 spiro atoms. The van der Waals surface area contributed by atoms with Gasteiger partial charge in [0.15, 0.2) is 0 Å². The second-order valence-corrected chi connectivity index (χ2v) is 4.42. The zero-order valence-corrected chi connectivity index (χ0v) is 8.80. The molecule has 1 saturated heterocycles. The molecule has 0 N–H and O–H groups in total. The zero-order valence-electron chi connectivity index (χ0n) is 8.80. The van der Waals surface area contributed by atoms with Crippen molar-refractivity contribution in [2.24, 2.45) is 11.8 Å². The van der Waals surface area contributed by atoms with E-state index < -0.39 is 0 Å². The van der Waals surface area contributed by atoms with Crippen molar-refractivity contribution >= 4 is 0 Å². The highest BCUT2D eigenvalue weighted by molar-refractivity contribution is 5.12. The number of likely N-dealkylation sites (N-methyl/N-ethyl adjacent to an activating group) is 1. The fraction of sp³-hybridized carbons (Fsp3) is 0.818. The van der Waals surface area contributed by atoms with E-state index in [4.69, 9.17) is 0 Å². The third-order valence-corrected chi connectivity index (χ3v) is 3.07. The summed E-state index contributed by atoms with van der Waals surface area (Å²) in [6.07, 6.45) is 1.33. The number of likely N-dealkylation sites (tertiary alicyclic amines) is 1. The molecule has 1 nitrogen and oxygen atoms in total. The molecule has 0 radical (unpaired) electrons. The van der Waals surface area contributed by atoms with E-state index in [9.17, 15) is 0 Å². The van der Waals surface area contributed by atoms with E-state index in [1.54, 1.807) is 0 Å². The van der Waals surface area contributed by atoms with Gasteiger partial charge in [-0.2, -0.15) is 0 Å². The predicted octanol–water partition coefficient (Wildman–Crippen LogP) is 2.54. The normalized spacial score (nSPS) is 31.4. The molecular formula is C11H21N. The van der Waals surface area contributed by atoms with Crippen LogP contribution in [0.15, 0.2) is 12.2 Å². The molecule has 0 amide bonds. The van der Waals surface area contributed by atoms with Crippen LogP contribution in [0.3, 0.4) is 0 Å². The Morgan fingerprint density at radius 3 is 2.42 bits per heavy atom. The van der Waals surface area contributed by atoms with Crippen LogP contribution in [0.2, 0.25) is 0 Å². The SMILES string of the molecule is C=C(C(C)C)C1C(C)CCN1C. The summed E-state index contributed by atoms with van der Waals surface area (Å²) in [6.45, 7) is 12.2. The molecule has 0 bridgehead atoms. The number of hydrogen-bond donors (Lipinski definition) is 0. The van der Waals surface area contributed by atoms with Crippen molar-refractivity contribution in [2.45, 2.75) is 33.2 Å². The molecule has 12 heavy (non-hydrogen) atoms. The molecule has 1 aliphatic rings. The van der Waals surface area contributed by atoms with Crippen LogP contribution in [0.4, 0.5) is 0 Å². The average molecular weight is 167 g/mol. The largest absolute Gasteiger partial charge is 0.299 e. The van der Waals surface area contributed by atoms with Gasteiger partial charge >= 0.3 is 0 Å². The van der Waals surface area contributed by atoms with Gasteiger partial charge in [-0.25, -0.2) is 0 Å². The van der Waals surface area contributed by atoms with Crippen molar-refractivity contribution in [3.63, 3.8) is 0 Å². The molecule has 1 heterocycles. The minimum atomic E-state index is 0.623. The number of rotatable bonds is 2. The van der Waals surface area contributed by atoms with E-state index in [2.05, 4.69) is 39.3 Å².